The van der Waals surface area contributed by atoms with Crippen molar-refractivity contribution in [2.45, 2.75) is 13.3 Å². The Balaban J connectivity index is 2.58. The van der Waals surface area contributed by atoms with Crippen molar-refractivity contribution in [1.82, 2.24) is 10.6 Å². The van der Waals surface area contributed by atoms with Gasteiger partial charge in [0.15, 0.2) is 0 Å². The lowest BCUT2D eigenvalue weighted by molar-refractivity contribution is -0.120. The Morgan fingerprint density at radius 2 is 2.00 bits per heavy atom. The minimum Gasteiger partial charge on any atom is -0.497 e. The molecule has 0 spiro atoms. The lowest BCUT2D eigenvalue weighted by atomic mass is 10.1. The molecule has 19 heavy (non-hydrogen) atoms. The average Bonchev–Trinajstić information content (AvgIpc) is 2.41. The Labute approximate surface area is 112 Å². The highest BCUT2D eigenvalue weighted by Crippen LogP contribution is 2.18. The molecule has 0 fully saturated rings. The van der Waals surface area contributed by atoms with E-state index < -0.39 is 0 Å². The van der Waals surface area contributed by atoms with Crippen LogP contribution in [-0.2, 0) is 4.79 Å². The summed E-state index contributed by atoms with van der Waals surface area (Å²) >= 11 is 0. The van der Waals surface area contributed by atoms with Crippen LogP contribution < -0.4 is 21.1 Å². The van der Waals surface area contributed by atoms with Gasteiger partial charge in [-0.25, -0.2) is 0 Å². The predicted molar refractivity (Wildman–Crippen MR) is 73.0 cm³/mol. The Morgan fingerprint density at radius 1 is 1.26 bits per heavy atom. The topological polar surface area (TPSA) is 93.5 Å². The third-order valence-corrected chi connectivity index (χ3v) is 2.41. The van der Waals surface area contributed by atoms with Crippen molar-refractivity contribution in [1.29, 1.82) is 0 Å². The molecule has 6 heteroatoms. The average molecular weight is 265 g/mol. The van der Waals surface area contributed by atoms with Crippen molar-refractivity contribution in [3.05, 3.63) is 23.8 Å². The zero-order valence-corrected chi connectivity index (χ0v) is 11.2. The molecule has 0 aliphatic rings. The second-order valence-corrected chi connectivity index (χ2v) is 4.03. The lowest BCUT2D eigenvalue weighted by Crippen LogP contribution is -2.37. The first-order valence-electron chi connectivity index (χ1n) is 6.06. The molecule has 0 bridgehead atoms. The van der Waals surface area contributed by atoms with Crippen LogP contribution >= 0.6 is 0 Å². The molecule has 0 heterocycles. The van der Waals surface area contributed by atoms with Gasteiger partial charge in [0.1, 0.15) is 5.75 Å². The largest absolute Gasteiger partial charge is 0.497 e. The summed E-state index contributed by atoms with van der Waals surface area (Å²) in [4.78, 5) is 23.2. The van der Waals surface area contributed by atoms with E-state index in [0.29, 0.717) is 23.5 Å². The summed E-state index contributed by atoms with van der Waals surface area (Å²) in [6.07, 6.45) is 0.853. The van der Waals surface area contributed by atoms with E-state index in [2.05, 4.69) is 10.6 Å². The van der Waals surface area contributed by atoms with Gasteiger partial charge in [0.2, 0.25) is 5.91 Å². The monoisotopic (exact) mass is 265 g/mol. The van der Waals surface area contributed by atoms with E-state index in [1.807, 2.05) is 6.92 Å². The second kappa shape index (κ2) is 7.25. The highest BCUT2D eigenvalue weighted by Gasteiger charge is 2.09. The molecule has 6 nitrogen and oxygen atoms in total. The second-order valence-electron chi connectivity index (χ2n) is 4.03. The molecule has 0 unspecified atom stereocenters. The summed E-state index contributed by atoms with van der Waals surface area (Å²) in [5.74, 6) is -0.0797. The van der Waals surface area contributed by atoms with Gasteiger partial charge in [-0.05, 0) is 18.6 Å². The maximum atomic E-state index is 11.8. The third-order valence-electron chi connectivity index (χ3n) is 2.41. The number of benzene rings is 1. The first kappa shape index (κ1) is 14.8. The maximum Gasteiger partial charge on any atom is 0.251 e. The Kier molecular flexibility index (Phi) is 5.66. The molecule has 1 aromatic rings. The molecule has 0 aliphatic heterocycles. The van der Waals surface area contributed by atoms with Crippen LogP contribution in [-0.4, -0.2) is 32.0 Å². The van der Waals surface area contributed by atoms with Gasteiger partial charge in [-0.3, -0.25) is 9.59 Å². The first-order valence-corrected chi connectivity index (χ1v) is 6.06. The van der Waals surface area contributed by atoms with Gasteiger partial charge in [-0.1, -0.05) is 6.92 Å². The predicted octanol–water partition coefficient (Wildman–Crippen LogP) is 0.533. The molecular formula is C13H19N3O3. The Morgan fingerprint density at radius 3 is 2.63 bits per heavy atom. The molecule has 0 saturated carbocycles. The number of amides is 2. The molecule has 104 valence electrons. The van der Waals surface area contributed by atoms with Crippen LogP contribution in [0.25, 0.3) is 0 Å². The minimum absolute atomic E-state index is 0.0596. The summed E-state index contributed by atoms with van der Waals surface area (Å²) in [6.45, 7) is 2.49. The van der Waals surface area contributed by atoms with Crippen molar-refractivity contribution in [3.8, 4) is 5.75 Å². The number of nitrogen functional groups attached to an aromatic ring is 1. The van der Waals surface area contributed by atoms with Crippen LogP contribution in [0, 0.1) is 0 Å². The summed E-state index contributed by atoms with van der Waals surface area (Å²) in [5.41, 5.74) is 6.45. The van der Waals surface area contributed by atoms with Crippen LogP contribution in [0.15, 0.2) is 18.2 Å². The quantitative estimate of drug-likeness (QED) is 0.654. The van der Waals surface area contributed by atoms with Gasteiger partial charge < -0.3 is 21.1 Å². The van der Waals surface area contributed by atoms with E-state index in [0.717, 1.165) is 6.42 Å². The van der Waals surface area contributed by atoms with Gasteiger partial charge in [0.05, 0.1) is 13.7 Å². The summed E-state index contributed by atoms with van der Waals surface area (Å²) in [6, 6.07) is 4.71. The van der Waals surface area contributed by atoms with Gasteiger partial charge in [0.25, 0.3) is 5.91 Å². The lowest BCUT2D eigenvalue weighted by Gasteiger charge is -2.08. The first-order chi connectivity index (χ1) is 9.06. The van der Waals surface area contributed by atoms with E-state index in [-0.39, 0.29) is 18.4 Å². The minimum atomic E-state index is -0.364. The van der Waals surface area contributed by atoms with Crippen molar-refractivity contribution in [3.63, 3.8) is 0 Å². The molecule has 1 aromatic carbocycles. The van der Waals surface area contributed by atoms with Crippen LogP contribution in [0.5, 0.6) is 5.75 Å². The number of ether oxygens (including phenoxy) is 1. The fraction of sp³-hybridized carbons (Fsp3) is 0.385. The van der Waals surface area contributed by atoms with E-state index >= 15 is 0 Å². The van der Waals surface area contributed by atoms with Gasteiger partial charge >= 0.3 is 0 Å². The fourth-order valence-corrected chi connectivity index (χ4v) is 1.46. The third kappa shape index (κ3) is 4.87. The molecule has 0 aromatic heterocycles. The van der Waals surface area contributed by atoms with Crippen LogP contribution in [0.2, 0.25) is 0 Å². The summed E-state index contributed by atoms with van der Waals surface area (Å²) in [5, 5.41) is 5.19. The summed E-state index contributed by atoms with van der Waals surface area (Å²) in [7, 11) is 1.49. The van der Waals surface area contributed by atoms with Crippen LogP contribution in [0.4, 0.5) is 5.69 Å². The number of nitrogens with two attached hydrogens (primary N) is 1. The number of carbonyl (C=O) groups excluding carboxylic acids is 2. The van der Waals surface area contributed by atoms with E-state index in [1.165, 1.54) is 13.2 Å². The van der Waals surface area contributed by atoms with Gasteiger partial charge in [-0.15, -0.1) is 0 Å². The SMILES string of the molecule is CCCNC(=O)CNC(=O)c1cc(N)cc(OC)c1. The standard InChI is InChI=1S/C13H19N3O3/c1-3-4-15-12(17)8-16-13(18)9-5-10(14)7-11(6-9)19-2/h5-7H,3-4,8,14H2,1-2H3,(H,15,17)(H,16,18). The zero-order chi connectivity index (χ0) is 14.3. The molecule has 0 atom stereocenters. The van der Waals surface area contributed by atoms with E-state index in [1.54, 1.807) is 12.1 Å². The van der Waals surface area contributed by atoms with Crippen LogP contribution in [0.1, 0.15) is 23.7 Å². The van der Waals surface area contributed by atoms with Crippen LogP contribution in [0.3, 0.4) is 0 Å². The van der Waals surface area contributed by atoms with Gasteiger partial charge in [-0.2, -0.15) is 0 Å². The van der Waals surface area contributed by atoms with Gasteiger partial charge in [0, 0.05) is 23.9 Å². The maximum absolute atomic E-state index is 11.8. The highest BCUT2D eigenvalue weighted by molar-refractivity contribution is 5.97. The number of hydrogen-bond acceptors (Lipinski definition) is 4. The Bertz CT molecular complexity index is 460. The van der Waals surface area contributed by atoms with E-state index in [4.69, 9.17) is 10.5 Å². The van der Waals surface area contributed by atoms with Crippen molar-refractivity contribution < 1.29 is 14.3 Å². The number of nitrogens with one attached hydrogen (secondary N) is 2. The van der Waals surface area contributed by atoms with Crippen molar-refractivity contribution in [2.24, 2.45) is 0 Å². The number of hydrogen-bond donors (Lipinski definition) is 3. The normalized spacial score (nSPS) is 9.79. The zero-order valence-electron chi connectivity index (χ0n) is 11.2. The Hall–Kier alpha value is -2.24. The smallest absolute Gasteiger partial charge is 0.251 e. The molecule has 0 aliphatic carbocycles. The van der Waals surface area contributed by atoms with E-state index in [9.17, 15) is 9.59 Å². The number of anilines is 1. The fourth-order valence-electron chi connectivity index (χ4n) is 1.46. The van der Waals surface area contributed by atoms with Crippen molar-refractivity contribution in [2.75, 3.05) is 25.9 Å². The molecule has 2 amide bonds. The number of carbonyl (C=O) groups is 2. The molecule has 0 radical (unpaired) electrons. The molecule has 1 rings (SSSR count). The number of methoxy groups -OCH3 is 1. The highest BCUT2D eigenvalue weighted by atomic mass is 16.5. The molecular weight excluding hydrogens is 246 g/mol. The molecule has 4 N–H and O–H groups in total. The number of rotatable bonds is 6. The molecule has 0 saturated heterocycles. The summed E-state index contributed by atoms with van der Waals surface area (Å²) < 4.78 is 5.03. The van der Waals surface area contributed by atoms with Crippen molar-refractivity contribution >= 4 is 17.5 Å².